The van der Waals surface area contributed by atoms with Crippen LogP contribution in [0.1, 0.15) is 16.7 Å². The van der Waals surface area contributed by atoms with Crippen LogP contribution >= 0.6 is 15.9 Å². The van der Waals surface area contributed by atoms with Crippen molar-refractivity contribution in [3.05, 3.63) is 130 Å². The maximum atomic E-state index is 14.2. The van der Waals surface area contributed by atoms with E-state index in [1.807, 2.05) is 61.5 Å². The molecule has 1 atom stereocenters. The molecule has 0 aliphatic heterocycles. The van der Waals surface area contributed by atoms with E-state index in [1.165, 1.54) is 24.1 Å². The van der Waals surface area contributed by atoms with Gasteiger partial charge in [-0.15, -0.1) is 0 Å². The van der Waals surface area contributed by atoms with Crippen LogP contribution < -0.4 is 9.62 Å². The highest BCUT2D eigenvalue weighted by molar-refractivity contribution is 9.10. The number of halogens is 1. The number of hydrogen-bond acceptors (Lipinski definition) is 4. The third-order valence-electron chi connectivity index (χ3n) is 6.69. The Labute approximate surface area is 250 Å². The van der Waals surface area contributed by atoms with E-state index in [1.54, 1.807) is 42.5 Å². The van der Waals surface area contributed by atoms with Gasteiger partial charge in [0.15, 0.2) is 0 Å². The molecule has 0 unspecified atom stereocenters. The van der Waals surface area contributed by atoms with Crippen LogP contribution in [0.25, 0.3) is 0 Å². The van der Waals surface area contributed by atoms with Crippen molar-refractivity contribution in [1.82, 2.24) is 10.2 Å². The van der Waals surface area contributed by atoms with E-state index < -0.39 is 28.5 Å². The molecule has 0 fully saturated rings. The molecule has 0 saturated heterocycles. The Bertz CT molecular complexity index is 1580. The zero-order chi connectivity index (χ0) is 29.4. The Morgan fingerprint density at radius 1 is 0.829 bits per heavy atom. The van der Waals surface area contributed by atoms with Gasteiger partial charge in [0.05, 0.1) is 10.6 Å². The summed E-state index contributed by atoms with van der Waals surface area (Å²) in [5.74, 6) is -0.848. The lowest BCUT2D eigenvalue weighted by Crippen LogP contribution is -2.53. The van der Waals surface area contributed by atoms with Gasteiger partial charge in [0.2, 0.25) is 11.8 Å². The van der Waals surface area contributed by atoms with Gasteiger partial charge < -0.3 is 10.2 Å². The number of hydrogen-bond donors (Lipinski definition) is 1. The van der Waals surface area contributed by atoms with Crippen LogP contribution in [0.2, 0.25) is 0 Å². The number of nitrogens with zero attached hydrogens (tertiary/aromatic N) is 2. The highest BCUT2D eigenvalue weighted by Crippen LogP contribution is 2.25. The lowest BCUT2D eigenvalue weighted by molar-refractivity contribution is -0.139. The van der Waals surface area contributed by atoms with Crippen LogP contribution in [0.15, 0.2) is 119 Å². The first-order chi connectivity index (χ1) is 19.7. The summed E-state index contributed by atoms with van der Waals surface area (Å²) in [6, 6.07) is 31.1. The van der Waals surface area contributed by atoms with Crippen LogP contribution in [0, 0.1) is 6.92 Å². The maximum absolute atomic E-state index is 14.2. The van der Waals surface area contributed by atoms with Gasteiger partial charge in [-0.05, 0) is 54.4 Å². The van der Waals surface area contributed by atoms with Crippen molar-refractivity contribution in [3.63, 3.8) is 0 Å². The Kier molecular flexibility index (Phi) is 9.96. The Morgan fingerprint density at radius 2 is 1.44 bits per heavy atom. The molecule has 0 aliphatic carbocycles. The van der Waals surface area contributed by atoms with Gasteiger partial charge in [0, 0.05) is 24.5 Å². The van der Waals surface area contributed by atoms with Crippen LogP contribution in [0.4, 0.5) is 5.69 Å². The largest absolute Gasteiger partial charge is 0.357 e. The maximum Gasteiger partial charge on any atom is 0.264 e. The molecule has 4 aromatic rings. The quantitative estimate of drug-likeness (QED) is 0.242. The van der Waals surface area contributed by atoms with Crippen LogP contribution in [0.3, 0.4) is 0 Å². The second-order valence-electron chi connectivity index (χ2n) is 9.63. The number of sulfonamides is 1. The zero-order valence-electron chi connectivity index (χ0n) is 22.9. The molecular formula is C32H32BrN3O4S. The molecule has 7 nitrogen and oxygen atoms in total. The van der Waals surface area contributed by atoms with E-state index >= 15 is 0 Å². The highest BCUT2D eigenvalue weighted by Gasteiger charge is 2.34. The summed E-state index contributed by atoms with van der Waals surface area (Å²) < 4.78 is 29.8. The average molecular weight is 635 g/mol. The molecule has 0 aliphatic rings. The van der Waals surface area contributed by atoms with E-state index in [0.717, 1.165) is 25.5 Å². The van der Waals surface area contributed by atoms with E-state index in [-0.39, 0.29) is 23.8 Å². The summed E-state index contributed by atoms with van der Waals surface area (Å²) in [6.45, 7) is 1.49. The summed E-state index contributed by atoms with van der Waals surface area (Å²) in [5, 5.41) is 2.69. The minimum atomic E-state index is -4.11. The summed E-state index contributed by atoms with van der Waals surface area (Å²) in [4.78, 5) is 29.0. The Balaban J connectivity index is 1.77. The molecule has 0 radical (unpaired) electrons. The van der Waals surface area contributed by atoms with Gasteiger partial charge in [-0.25, -0.2) is 8.42 Å². The van der Waals surface area contributed by atoms with Crippen molar-refractivity contribution in [2.24, 2.45) is 0 Å². The molecule has 4 aromatic carbocycles. The van der Waals surface area contributed by atoms with E-state index in [9.17, 15) is 18.0 Å². The van der Waals surface area contributed by atoms with Crippen molar-refractivity contribution in [3.8, 4) is 0 Å². The summed E-state index contributed by atoms with van der Waals surface area (Å²) in [5.41, 5.74) is 2.94. The van der Waals surface area contributed by atoms with Crippen molar-refractivity contribution in [1.29, 1.82) is 0 Å². The third-order valence-corrected chi connectivity index (χ3v) is 8.97. The lowest BCUT2D eigenvalue weighted by Gasteiger charge is -2.33. The van der Waals surface area contributed by atoms with Crippen LogP contribution in [-0.2, 0) is 32.6 Å². The second-order valence-corrected chi connectivity index (χ2v) is 12.4. The van der Waals surface area contributed by atoms with Gasteiger partial charge in [-0.2, -0.15) is 0 Å². The Morgan fingerprint density at radius 3 is 2.05 bits per heavy atom. The first-order valence-electron chi connectivity index (χ1n) is 13.1. The predicted octanol–water partition coefficient (Wildman–Crippen LogP) is 5.34. The number of para-hydroxylation sites is 1. The normalized spacial score (nSPS) is 11.9. The number of nitrogens with one attached hydrogen (secondary N) is 1. The number of amides is 2. The monoisotopic (exact) mass is 633 g/mol. The fourth-order valence-electron chi connectivity index (χ4n) is 4.51. The molecule has 4 rings (SSSR count). The van der Waals surface area contributed by atoms with Crippen molar-refractivity contribution in [2.75, 3.05) is 17.9 Å². The summed E-state index contributed by atoms with van der Waals surface area (Å²) in [7, 11) is -2.58. The fraction of sp³-hybridized carbons (Fsp3) is 0.188. The second kappa shape index (κ2) is 13.6. The number of rotatable bonds is 11. The average Bonchev–Trinajstić information content (AvgIpc) is 2.98. The van der Waals surface area contributed by atoms with E-state index in [0.29, 0.717) is 5.69 Å². The number of carbonyl (C=O) groups excluding carboxylic acids is 2. The third kappa shape index (κ3) is 7.62. The highest BCUT2D eigenvalue weighted by atomic mass is 79.9. The molecular weight excluding hydrogens is 602 g/mol. The van der Waals surface area contributed by atoms with Crippen LogP contribution in [-0.4, -0.2) is 44.8 Å². The van der Waals surface area contributed by atoms with Gasteiger partial charge >= 0.3 is 0 Å². The molecule has 0 aromatic heterocycles. The first-order valence-corrected chi connectivity index (χ1v) is 15.4. The number of carbonyl (C=O) groups is 2. The molecule has 1 N–H and O–H groups in total. The topological polar surface area (TPSA) is 86.8 Å². The van der Waals surface area contributed by atoms with E-state index in [4.69, 9.17) is 0 Å². The minimum absolute atomic E-state index is 0.0745. The number of anilines is 1. The summed E-state index contributed by atoms with van der Waals surface area (Å²) in [6.07, 6.45) is 0.260. The lowest BCUT2D eigenvalue weighted by atomic mass is 10.0. The fourth-order valence-corrected chi connectivity index (χ4v) is 6.37. The molecule has 2 amide bonds. The molecule has 0 spiro atoms. The molecule has 41 heavy (non-hydrogen) atoms. The summed E-state index contributed by atoms with van der Waals surface area (Å²) >= 11 is 3.48. The molecule has 0 bridgehead atoms. The standard InChI is InChI=1S/C32H32BrN3O4S/c1-24-16-18-29(19-17-24)41(39,40)36(28-14-7-4-8-15-28)23-31(37)35(22-26-12-9-13-27(33)20-26)30(32(38)34-2)21-25-10-5-3-6-11-25/h3-20,30H,21-23H2,1-2H3,(H,34,38)/t30-/m0/s1. The van der Waals surface area contributed by atoms with Gasteiger partial charge in [-0.3, -0.25) is 13.9 Å². The van der Waals surface area contributed by atoms with Gasteiger partial charge in [0.1, 0.15) is 12.6 Å². The van der Waals surface area contributed by atoms with Gasteiger partial charge in [-0.1, -0.05) is 94.3 Å². The minimum Gasteiger partial charge on any atom is -0.357 e. The molecule has 0 saturated carbocycles. The Hall–Kier alpha value is -3.95. The van der Waals surface area contributed by atoms with E-state index in [2.05, 4.69) is 21.2 Å². The van der Waals surface area contributed by atoms with Crippen molar-refractivity contribution < 1.29 is 18.0 Å². The van der Waals surface area contributed by atoms with Crippen molar-refractivity contribution >= 4 is 43.5 Å². The number of benzene rings is 4. The predicted molar refractivity (Wildman–Crippen MR) is 165 cm³/mol. The number of aryl methyl sites for hydroxylation is 1. The SMILES string of the molecule is CNC(=O)[C@H](Cc1ccccc1)N(Cc1cccc(Br)c1)C(=O)CN(c1ccccc1)S(=O)(=O)c1ccc(C)cc1. The number of likely N-dealkylation sites (N-methyl/N-ethyl adjacent to an activating group) is 1. The first kappa shape index (κ1) is 30.0. The van der Waals surface area contributed by atoms with Crippen LogP contribution in [0.5, 0.6) is 0 Å². The molecule has 0 heterocycles. The smallest absolute Gasteiger partial charge is 0.264 e. The zero-order valence-corrected chi connectivity index (χ0v) is 25.3. The molecule has 9 heteroatoms. The van der Waals surface area contributed by atoms with Crippen molar-refractivity contribution in [2.45, 2.75) is 30.8 Å². The van der Waals surface area contributed by atoms with Gasteiger partial charge in [0.25, 0.3) is 10.0 Å². The molecule has 212 valence electrons.